The SMILES string of the molecule is CCn1cc(Nc2cccc(C(=O)O)c2N)cn1. The monoisotopic (exact) mass is 246 g/mol. The van der Waals surface area contributed by atoms with Gasteiger partial charge in [0.05, 0.1) is 28.8 Å². The lowest BCUT2D eigenvalue weighted by molar-refractivity contribution is 0.0698. The van der Waals surface area contributed by atoms with Crippen molar-refractivity contribution >= 4 is 23.0 Å². The Kier molecular flexibility index (Phi) is 3.18. The number of nitrogens with one attached hydrogen (secondary N) is 1. The number of rotatable bonds is 4. The zero-order valence-electron chi connectivity index (χ0n) is 9.92. The van der Waals surface area contributed by atoms with E-state index in [0.717, 1.165) is 12.2 Å². The average molecular weight is 246 g/mol. The number of aromatic nitrogens is 2. The number of carbonyl (C=O) groups is 1. The van der Waals surface area contributed by atoms with E-state index < -0.39 is 5.97 Å². The second-order valence-electron chi connectivity index (χ2n) is 3.78. The minimum absolute atomic E-state index is 0.0860. The lowest BCUT2D eigenvalue weighted by Crippen LogP contribution is -2.05. The molecule has 0 aliphatic rings. The van der Waals surface area contributed by atoms with Gasteiger partial charge in [-0.25, -0.2) is 4.79 Å². The second-order valence-corrected chi connectivity index (χ2v) is 3.78. The summed E-state index contributed by atoms with van der Waals surface area (Å²) in [6.07, 6.45) is 3.49. The van der Waals surface area contributed by atoms with Crippen LogP contribution >= 0.6 is 0 Å². The summed E-state index contributed by atoms with van der Waals surface area (Å²) in [5.74, 6) is -1.04. The van der Waals surface area contributed by atoms with Gasteiger partial charge in [-0.15, -0.1) is 0 Å². The van der Waals surface area contributed by atoms with Crippen LogP contribution in [-0.4, -0.2) is 20.9 Å². The molecule has 2 rings (SSSR count). The number of benzene rings is 1. The van der Waals surface area contributed by atoms with E-state index in [9.17, 15) is 4.79 Å². The lowest BCUT2D eigenvalue weighted by Gasteiger charge is -2.09. The standard InChI is InChI=1S/C12H14N4O2/c1-2-16-7-8(6-14-16)15-10-5-3-4-9(11(10)13)12(17)18/h3-7,15H,2,13H2,1H3,(H,17,18). The van der Waals surface area contributed by atoms with E-state index in [1.54, 1.807) is 23.0 Å². The van der Waals surface area contributed by atoms with E-state index in [0.29, 0.717) is 5.69 Å². The third-order valence-electron chi connectivity index (χ3n) is 2.57. The molecule has 6 nitrogen and oxygen atoms in total. The maximum Gasteiger partial charge on any atom is 0.337 e. The molecule has 0 amide bonds. The molecule has 0 fully saturated rings. The first-order valence-electron chi connectivity index (χ1n) is 5.53. The first-order chi connectivity index (χ1) is 8.61. The first-order valence-corrected chi connectivity index (χ1v) is 5.53. The van der Waals surface area contributed by atoms with Gasteiger partial charge in [0.15, 0.2) is 0 Å². The number of anilines is 3. The molecule has 0 atom stereocenters. The van der Waals surface area contributed by atoms with Crippen molar-refractivity contribution in [2.45, 2.75) is 13.5 Å². The summed E-state index contributed by atoms with van der Waals surface area (Å²) in [5.41, 5.74) is 7.43. The summed E-state index contributed by atoms with van der Waals surface area (Å²) >= 11 is 0. The van der Waals surface area contributed by atoms with Crippen molar-refractivity contribution in [3.05, 3.63) is 36.2 Å². The minimum Gasteiger partial charge on any atom is -0.478 e. The summed E-state index contributed by atoms with van der Waals surface area (Å²) in [6.45, 7) is 2.75. The summed E-state index contributed by atoms with van der Waals surface area (Å²) in [6, 6.07) is 4.84. The molecule has 0 aliphatic heterocycles. The molecule has 0 bridgehead atoms. The molecular formula is C12H14N4O2. The third-order valence-corrected chi connectivity index (χ3v) is 2.57. The maximum atomic E-state index is 11.0. The van der Waals surface area contributed by atoms with Crippen LogP contribution in [0.3, 0.4) is 0 Å². The van der Waals surface area contributed by atoms with Crippen LogP contribution < -0.4 is 11.1 Å². The van der Waals surface area contributed by atoms with E-state index in [4.69, 9.17) is 10.8 Å². The van der Waals surface area contributed by atoms with E-state index in [2.05, 4.69) is 10.4 Å². The lowest BCUT2D eigenvalue weighted by atomic mass is 10.1. The molecule has 94 valence electrons. The zero-order chi connectivity index (χ0) is 13.1. The quantitative estimate of drug-likeness (QED) is 0.717. The Morgan fingerprint density at radius 3 is 2.94 bits per heavy atom. The van der Waals surface area contributed by atoms with Gasteiger partial charge in [0.1, 0.15) is 0 Å². The number of aromatic carboxylic acids is 1. The van der Waals surface area contributed by atoms with Crippen LogP contribution in [0.5, 0.6) is 0 Å². The summed E-state index contributed by atoms with van der Waals surface area (Å²) in [7, 11) is 0. The number of para-hydroxylation sites is 1. The number of nitrogens with zero attached hydrogens (tertiary/aromatic N) is 2. The van der Waals surface area contributed by atoms with E-state index in [1.807, 2.05) is 13.1 Å². The van der Waals surface area contributed by atoms with Gasteiger partial charge in [-0.2, -0.15) is 5.10 Å². The molecular weight excluding hydrogens is 232 g/mol. The maximum absolute atomic E-state index is 11.0. The average Bonchev–Trinajstić information content (AvgIpc) is 2.79. The normalized spacial score (nSPS) is 10.3. The molecule has 1 aromatic heterocycles. The van der Waals surface area contributed by atoms with Crippen molar-refractivity contribution < 1.29 is 9.90 Å². The van der Waals surface area contributed by atoms with Crippen molar-refractivity contribution in [2.24, 2.45) is 0 Å². The van der Waals surface area contributed by atoms with Gasteiger partial charge >= 0.3 is 5.97 Å². The van der Waals surface area contributed by atoms with Crippen LogP contribution in [0.2, 0.25) is 0 Å². The van der Waals surface area contributed by atoms with Crippen LogP contribution in [0.1, 0.15) is 17.3 Å². The third kappa shape index (κ3) is 2.27. The fourth-order valence-corrected chi connectivity index (χ4v) is 1.62. The number of carboxylic acids is 1. The van der Waals surface area contributed by atoms with Crippen LogP contribution in [0, 0.1) is 0 Å². The molecule has 0 radical (unpaired) electrons. The van der Waals surface area contributed by atoms with E-state index in [-0.39, 0.29) is 11.3 Å². The summed E-state index contributed by atoms with van der Waals surface area (Å²) in [4.78, 5) is 11.0. The van der Waals surface area contributed by atoms with E-state index in [1.165, 1.54) is 6.07 Å². The Hall–Kier alpha value is -2.50. The molecule has 0 saturated carbocycles. The Bertz CT molecular complexity index is 577. The number of aryl methyl sites for hydroxylation is 1. The number of carboxylic acid groups (broad SMARTS) is 1. The van der Waals surface area contributed by atoms with Crippen LogP contribution in [0.25, 0.3) is 0 Å². The van der Waals surface area contributed by atoms with Crippen molar-refractivity contribution in [1.29, 1.82) is 0 Å². The van der Waals surface area contributed by atoms with Crippen molar-refractivity contribution in [3.63, 3.8) is 0 Å². The summed E-state index contributed by atoms with van der Waals surface area (Å²) < 4.78 is 1.76. The highest BCUT2D eigenvalue weighted by atomic mass is 16.4. The largest absolute Gasteiger partial charge is 0.478 e. The highest BCUT2D eigenvalue weighted by Gasteiger charge is 2.11. The number of hydrogen-bond acceptors (Lipinski definition) is 4. The molecule has 4 N–H and O–H groups in total. The Morgan fingerprint density at radius 2 is 2.33 bits per heavy atom. The second kappa shape index (κ2) is 4.79. The van der Waals surface area contributed by atoms with Crippen LogP contribution in [0.15, 0.2) is 30.6 Å². The summed E-state index contributed by atoms with van der Waals surface area (Å²) in [5, 5.41) is 16.1. The smallest absolute Gasteiger partial charge is 0.337 e. The van der Waals surface area contributed by atoms with Gasteiger partial charge < -0.3 is 16.2 Å². The fourth-order valence-electron chi connectivity index (χ4n) is 1.62. The fraction of sp³-hybridized carbons (Fsp3) is 0.167. The number of nitrogens with two attached hydrogens (primary N) is 1. The molecule has 2 aromatic rings. The van der Waals surface area contributed by atoms with Gasteiger partial charge in [-0.3, -0.25) is 4.68 Å². The van der Waals surface area contributed by atoms with E-state index >= 15 is 0 Å². The minimum atomic E-state index is -1.04. The first kappa shape index (κ1) is 12.0. The molecule has 18 heavy (non-hydrogen) atoms. The zero-order valence-corrected chi connectivity index (χ0v) is 9.92. The van der Waals surface area contributed by atoms with Crippen LogP contribution in [-0.2, 0) is 6.54 Å². The Morgan fingerprint density at radius 1 is 1.56 bits per heavy atom. The highest BCUT2D eigenvalue weighted by Crippen LogP contribution is 2.26. The van der Waals surface area contributed by atoms with Gasteiger partial charge in [0, 0.05) is 12.7 Å². The molecule has 0 spiro atoms. The van der Waals surface area contributed by atoms with Crippen LogP contribution in [0.4, 0.5) is 17.1 Å². The van der Waals surface area contributed by atoms with Crippen molar-refractivity contribution in [3.8, 4) is 0 Å². The Balaban J connectivity index is 2.29. The van der Waals surface area contributed by atoms with Gasteiger partial charge in [0.2, 0.25) is 0 Å². The van der Waals surface area contributed by atoms with Crippen molar-refractivity contribution in [2.75, 3.05) is 11.1 Å². The van der Waals surface area contributed by atoms with Gasteiger partial charge in [-0.05, 0) is 19.1 Å². The Labute approximate surface area is 104 Å². The number of nitrogen functional groups attached to an aromatic ring is 1. The highest BCUT2D eigenvalue weighted by molar-refractivity contribution is 5.97. The van der Waals surface area contributed by atoms with Gasteiger partial charge in [-0.1, -0.05) is 6.07 Å². The topological polar surface area (TPSA) is 93.2 Å². The molecule has 6 heteroatoms. The predicted molar refractivity (Wildman–Crippen MR) is 69.0 cm³/mol. The molecule has 1 aromatic carbocycles. The van der Waals surface area contributed by atoms with Gasteiger partial charge in [0.25, 0.3) is 0 Å². The number of hydrogen-bond donors (Lipinski definition) is 3. The molecule has 1 heterocycles. The molecule has 0 saturated heterocycles. The predicted octanol–water partition coefficient (Wildman–Crippen LogP) is 1.93. The molecule has 0 aliphatic carbocycles. The molecule has 0 unspecified atom stereocenters. The van der Waals surface area contributed by atoms with Crippen molar-refractivity contribution in [1.82, 2.24) is 9.78 Å².